The van der Waals surface area contributed by atoms with Gasteiger partial charge in [0.2, 0.25) is 0 Å². The first-order chi connectivity index (χ1) is 9.90. The lowest BCUT2D eigenvalue weighted by Gasteiger charge is -2.33. The SMILES string of the molecule is N#Cc1ccc(N2CCC(OC(=O)C(F)(F)F)CC2)cc1. The number of carbonyl (C=O) groups excluding carboxylic acids is 1. The highest BCUT2D eigenvalue weighted by Gasteiger charge is 2.42. The number of hydrogen-bond donors (Lipinski definition) is 0. The van der Waals surface area contributed by atoms with Crippen LogP contribution in [0.2, 0.25) is 0 Å². The van der Waals surface area contributed by atoms with Crippen LogP contribution in [0.15, 0.2) is 24.3 Å². The number of benzene rings is 1. The molecule has 0 bridgehead atoms. The highest BCUT2D eigenvalue weighted by Crippen LogP contribution is 2.24. The van der Waals surface area contributed by atoms with Crippen LogP contribution in [0.1, 0.15) is 18.4 Å². The molecule has 0 atom stereocenters. The number of piperidine rings is 1. The van der Waals surface area contributed by atoms with Crippen LogP contribution in [0.4, 0.5) is 18.9 Å². The Labute approximate surface area is 119 Å². The summed E-state index contributed by atoms with van der Waals surface area (Å²) < 4.78 is 40.8. The molecule has 1 aromatic carbocycles. The molecule has 0 amide bonds. The third-order valence-corrected chi connectivity index (χ3v) is 3.31. The number of hydrogen-bond acceptors (Lipinski definition) is 4. The summed E-state index contributed by atoms with van der Waals surface area (Å²) in [6.07, 6.45) is -4.94. The zero-order chi connectivity index (χ0) is 15.5. The summed E-state index contributed by atoms with van der Waals surface area (Å²) in [6, 6.07) is 8.97. The molecule has 1 aliphatic heterocycles. The van der Waals surface area contributed by atoms with Crippen molar-refractivity contribution in [3.8, 4) is 6.07 Å². The van der Waals surface area contributed by atoms with Gasteiger partial charge in [-0.05, 0) is 24.3 Å². The molecule has 4 nitrogen and oxygen atoms in total. The Morgan fingerprint density at radius 1 is 1.24 bits per heavy atom. The lowest BCUT2D eigenvalue weighted by Crippen LogP contribution is -2.40. The molecule has 1 saturated heterocycles. The Bertz CT molecular complexity index is 541. The van der Waals surface area contributed by atoms with Gasteiger partial charge in [-0.2, -0.15) is 18.4 Å². The van der Waals surface area contributed by atoms with Crippen molar-refractivity contribution < 1.29 is 22.7 Å². The Morgan fingerprint density at radius 3 is 2.29 bits per heavy atom. The minimum absolute atomic E-state index is 0.349. The van der Waals surface area contributed by atoms with E-state index in [1.165, 1.54) is 0 Å². The fourth-order valence-corrected chi connectivity index (χ4v) is 2.20. The first-order valence-electron chi connectivity index (χ1n) is 6.43. The van der Waals surface area contributed by atoms with Crippen LogP contribution in [0, 0.1) is 11.3 Å². The molecule has 0 N–H and O–H groups in total. The number of esters is 1. The second-order valence-electron chi connectivity index (χ2n) is 4.75. The van der Waals surface area contributed by atoms with Crippen molar-refractivity contribution in [1.82, 2.24) is 0 Å². The van der Waals surface area contributed by atoms with E-state index < -0.39 is 18.2 Å². The van der Waals surface area contributed by atoms with Gasteiger partial charge in [0.25, 0.3) is 0 Å². The molecule has 1 fully saturated rings. The van der Waals surface area contributed by atoms with E-state index in [-0.39, 0.29) is 0 Å². The predicted molar refractivity (Wildman–Crippen MR) is 68.5 cm³/mol. The lowest BCUT2D eigenvalue weighted by atomic mass is 10.1. The number of nitriles is 1. The molecule has 0 aromatic heterocycles. The summed E-state index contributed by atoms with van der Waals surface area (Å²) >= 11 is 0. The average Bonchev–Trinajstić information content (AvgIpc) is 2.47. The molecule has 112 valence electrons. The Hall–Kier alpha value is -2.23. The van der Waals surface area contributed by atoms with Crippen LogP contribution in [0.3, 0.4) is 0 Å². The summed E-state index contributed by atoms with van der Waals surface area (Å²) in [5, 5.41) is 8.72. The number of carbonyl (C=O) groups is 1. The van der Waals surface area contributed by atoms with Crippen LogP contribution in [-0.4, -0.2) is 31.3 Å². The molecular formula is C14H13F3N2O2. The highest BCUT2D eigenvalue weighted by molar-refractivity contribution is 5.75. The Morgan fingerprint density at radius 2 is 1.81 bits per heavy atom. The van der Waals surface area contributed by atoms with Gasteiger partial charge in [-0.3, -0.25) is 0 Å². The average molecular weight is 298 g/mol. The number of halogens is 3. The molecule has 1 aliphatic rings. The monoisotopic (exact) mass is 298 g/mol. The molecule has 7 heteroatoms. The van der Waals surface area contributed by atoms with Crippen molar-refractivity contribution in [2.24, 2.45) is 0 Å². The predicted octanol–water partition coefficient (Wildman–Crippen LogP) is 2.63. The molecular weight excluding hydrogens is 285 g/mol. The largest absolute Gasteiger partial charge is 0.490 e. The number of nitrogens with zero attached hydrogens (tertiary/aromatic N) is 2. The number of anilines is 1. The molecule has 0 unspecified atom stereocenters. The first-order valence-corrected chi connectivity index (χ1v) is 6.43. The second-order valence-corrected chi connectivity index (χ2v) is 4.75. The van der Waals surface area contributed by atoms with Crippen LogP contribution >= 0.6 is 0 Å². The normalized spacial score (nSPS) is 16.4. The molecule has 0 radical (unpaired) electrons. The van der Waals surface area contributed by atoms with E-state index in [4.69, 9.17) is 5.26 Å². The summed E-state index contributed by atoms with van der Waals surface area (Å²) in [4.78, 5) is 12.7. The smallest absolute Gasteiger partial charge is 0.456 e. The van der Waals surface area contributed by atoms with Crippen LogP contribution in [0.25, 0.3) is 0 Å². The summed E-state index contributed by atoms with van der Waals surface area (Å²) in [5.41, 5.74) is 1.45. The van der Waals surface area contributed by atoms with E-state index in [1.807, 2.05) is 11.0 Å². The molecule has 0 saturated carbocycles. The molecule has 0 aliphatic carbocycles. The third kappa shape index (κ3) is 3.88. The van der Waals surface area contributed by atoms with E-state index in [2.05, 4.69) is 4.74 Å². The van der Waals surface area contributed by atoms with E-state index in [0.29, 0.717) is 31.5 Å². The maximum atomic E-state index is 12.1. The van der Waals surface area contributed by atoms with Crippen molar-refractivity contribution >= 4 is 11.7 Å². The fourth-order valence-electron chi connectivity index (χ4n) is 2.20. The maximum Gasteiger partial charge on any atom is 0.490 e. The zero-order valence-electron chi connectivity index (χ0n) is 11.1. The minimum Gasteiger partial charge on any atom is -0.456 e. The molecule has 1 aromatic rings. The molecule has 21 heavy (non-hydrogen) atoms. The van der Waals surface area contributed by atoms with Gasteiger partial charge in [-0.25, -0.2) is 4.79 Å². The van der Waals surface area contributed by atoms with Crippen LogP contribution < -0.4 is 4.90 Å². The van der Waals surface area contributed by atoms with Crippen LogP contribution in [-0.2, 0) is 9.53 Å². The third-order valence-electron chi connectivity index (χ3n) is 3.31. The second kappa shape index (κ2) is 6.04. The molecule has 2 rings (SSSR count). The lowest BCUT2D eigenvalue weighted by molar-refractivity contribution is -0.205. The van der Waals surface area contributed by atoms with Gasteiger partial charge in [-0.1, -0.05) is 0 Å². The van der Waals surface area contributed by atoms with E-state index in [0.717, 1.165) is 5.69 Å². The van der Waals surface area contributed by atoms with E-state index in [9.17, 15) is 18.0 Å². The van der Waals surface area contributed by atoms with E-state index in [1.54, 1.807) is 24.3 Å². The van der Waals surface area contributed by atoms with Gasteiger partial charge in [0, 0.05) is 31.6 Å². The topological polar surface area (TPSA) is 53.3 Å². The van der Waals surface area contributed by atoms with Gasteiger partial charge in [0.05, 0.1) is 11.6 Å². The van der Waals surface area contributed by atoms with Crippen molar-refractivity contribution in [3.05, 3.63) is 29.8 Å². The summed E-state index contributed by atoms with van der Waals surface area (Å²) in [7, 11) is 0. The van der Waals surface area contributed by atoms with Gasteiger partial charge in [-0.15, -0.1) is 0 Å². The molecule has 1 heterocycles. The van der Waals surface area contributed by atoms with Crippen molar-refractivity contribution in [2.75, 3.05) is 18.0 Å². The Balaban J connectivity index is 1.88. The number of alkyl halides is 3. The minimum atomic E-state index is -4.94. The standard InChI is InChI=1S/C14H13F3N2O2/c15-14(16,17)13(20)21-12-5-7-19(8-6-12)11-3-1-10(9-18)2-4-11/h1-4,12H,5-8H2. The van der Waals surface area contributed by atoms with Gasteiger partial charge >= 0.3 is 12.1 Å². The van der Waals surface area contributed by atoms with Crippen molar-refractivity contribution in [1.29, 1.82) is 5.26 Å². The maximum absolute atomic E-state index is 12.1. The number of ether oxygens (including phenoxy) is 1. The quantitative estimate of drug-likeness (QED) is 0.788. The van der Waals surface area contributed by atoms with Gasteiger partial charge in [0.15, 0.2) is 0 Å². The zero-order valence-corrected chi connectivity index (χ0v) is 11.1. The number of rotatable bonds is 2. The Kier molecular flexibility index (Phi) is 4.36. The summed E-state index contributed by atoms with van der Waals surface area (Å²) in [6.45, 7) is 1.00. The van der Waals surface area contributed by atoms with E-state index >= 15 is 0 Å². The first kappa shape index (κ1) is 15.2. The van der Waals surface area contributed by atoms with Crippen molar-refractivity contribution in [2.45, 2.75) is 25.1 Å². The van der Waals surface area contributed by atoms with Gasteiger partial charge < -0.3 is 9.64 Å². The van der Waals surface area contributed by atoms with Crippen LogP contribution in [0.5, 0.6) is 0 Å². The molecule has 0 spiro atoms. The van der Waals surface area contributed by atoms with Crippen molar-refractivity contribution in [3.63, 3.8) is 0 Å². The fraction of sp³-hybridized carbons (Fsp3) is 0.429. The summed E-state index contributed by atoms with van der Waals surface area (Å²) in [5.74, 6) is -2.13. The highest BCUT2D eigenvalue weighted by atomic mass is 19.4. The van der Waals surface area contributed by atoms with Gasteiger partial charge in [0.1, 0.15) is 6.10 Å².